The number of nitrogens with zero attached hydrogens (tertiary/aromatic N) is 2. The van der Waals surface area contributed by atoms with Gasteiger partial charge in [0, 0.05) is 24.5 Å². The van der Waals surface area contributed by atoms with E-state index in [2.05, 4.69) is 15.7 Å². The van der Waals surface area contributed by atoms with Gasteiger partial charge in [-0.05, 0) is 23.9 Å². The molecule has 0 bridgehead atoms. The molecule has 0 aromatic carbocycles. The van der Waals surface area contributed by atoms with Gasteiger partial charge in [-0.2, -0.15) is 5.10 Å². The molecule has 21 heavy (non-hydrogen) atoms. The number of amides is 2. The first-order valence-electron chi connectivity index (χ1n) is 6.77. The molecule has 2 amide bonds. The standard InChI is InChI=1S/C14H16N4O2S/c1-18-7-6-10(17-18)14(20)15-9-4-5-12(19)16-13(9)11-3-2-8-21-11/h2-3,6-9,13H,4-5H2,1H3,(H,15,20)(H,16,19)/t9-,13-/m1/s1. The fraction of sp³-hybridized carbons (Fsp3) is 0.357. The van der Waals surface area contributed by atoms with Crippen LogP contribution < -0.4 is 10.6 Å². The number of hydrogen-bond acceptors (Lipinski definition) is 4. The monoisotopic (exact) mass is 304 g/mol. The van der Waals surface area contributed by atoms with E-state index in [9.17, 15) is 9.59 Å². The van der Waals surface area contributed by atoms with Gasteiger partial charge in [0.15, 0.2) is 0 Å². The molecule has 6 nitrogen and oxygen atoms in total. The Morgan fingerprint density at radius 1 is 1.52 bits per heavy atom. The SMILES string of the molecule is Cn1ccc(C(=O)N[C@@H]2CCC(=O)N[C@H]2c2cccs2)n1. The average molecular weight is 304 g/mol. The van der Waals surface area contributed by atoms with Crippen LogP contribution in [0.4, 0.5) is 0 Å². The molecule has 1 aliphatic heterocycles. The second kappa shape index (κ2) is 5.69. The zero-order valence-corrected chi connectivity index (χ0v) is 12.4. The van der Waals surface area contributed by atoms with Gasteiger partial charge in [0.2, 0.25) is 5.91 Å². The fourth-order valence-corrected chi connectivity index (χ4v) is 3.31. The molecule has 2 atom stereocenters. The molecule has 1 fully saturated rings. The highest BCUT2D eigenvalue weighted by atomic mass is 32.1. The molecular weight excluding hydrogens is 288 g/mol. The molecule has 0 aliphatic carbocycles. The van der Waals surface area contributed by atoms with Gasteiger partial charge in [-0.15, -0.1) is 11.3 Å². The minimum atomic E-state index is -0.210. The Hall–Kier alpha value is -2.15. The summed E-state index contributed by atoms with van der Waals surface area (Å²) in [5, 5.41) is 12.0. The first-order valence-corrected chi connectivity index (χ1v) is 7.65. The summed E-state index contributed by atoms with van der Waals surface area (Å²) in [6.07, 6.45) is 2.79. The van der Waals surface area contributed by atoms with Crippen molar-refractivity contribution in [3.63, 3.8) is 0 Å². The van der Waals surface area contributed by atoms with Crippen molar-refractivity contribution in [2.24, 2.45) is 7.05 Å². The maximum atomic E-state index is 12.2. The molecule has 3 rings (SSSR count). The minimum Gasteiger partial charge on any atom is -0.346 e. The van der Waals surface area contributed by atoms with Crippen LogP contribution in [0.3, 0.4) is 0 Å². The van der Waals surface area contributed by atoms with E-state index >= 15 is 0 Å². The van der Waals surface area contributed by atoms with E-state index in [4.69, 9.17) is 0 Å². The minimum absolute atomic E-state index is 0.0248. The number of rotatable bonds is 3. The van der Waals surface area contributed by atoms with Crippen LogP contribution in [0, 0.1) is 0 Å². The normalized spacial score (nSPS) is 21.9. The van der Waals surface area contributed by atoms with Crippen LogP contribution in [-0.4, -0.2) is 27.6 Å². The molecule has 2 N–H and O–H groups in total. The van der Waals surface area contributed by atoms with E-state index in [1.165, 1.54) is 0 Å². The topological polar surface area (TPSA) is 76.0 Å². The second-order valence-corrected chi connectivity index (χ2v) is 6.03. The van der Waals surface area contributed by atoms with Gasteiger partial charge < -0.3 is 10.6 Å². The summed E-state index contributed by atoms with van der Waals surface area (Å²) in [5.74, 6) is -0.185. The predicted molar refractivity (Wildman–Crippen MR) is 78.9 cm³/mol. The van der Waals surface area contributed by atoms with E-state index in [1.807, 2.05) is 17.5 Å². The summed E-state index contributed by atoms with van der Waals surface area (Å²) in [6.45, 7) is 0. The van der Waals surface area contributed by atoms with Gasteiger partial charge in [-0.25, -0.2) is 0 Å². The zero-order chi connectivity index (χ0) is 14.8. The average Bonchev–Trinajstić information content (AvgIpc) is 3.11. The highest BCUT2D eigenvalue weighted by molar-refractivity contribution is 7.10. The van der Waals surface area contributed by atoms with Crippen LogP contribution in [0.1, 0.15) is 34.2 Å². The van der Waals surface area contributed by atoms with Crippen LogP contribution in [0.2, 0.25) is 0 Å². The molecule has 3 heterocycles. The third kappa shape index (κ3) is 2.97. The molecule has 7 heteroatoms. The summed E-state index contributed by atoms with van der Waals surface area (Å²) in [6, 6.07) is 5.31. The molecule has 0 saturated carbocycles. The van der Waals surface area contributed by atoms with E-state index in [1.54, 1.807) is 35.3 Å². The van der Waals surface area contributed by atoms with Crippen molar-refractivity contribution in [1.29, 1.82) is 0 Å². The Labute approximate surface area is 126 Å². The summed E-state index contributed by atoms with van der Waals surface area (Å²) in [5.41, 5.74) is 0.388. The van der Waals surface area contributed by atoms with Gasteiger partial charge in [-0.1, -0.05) is 6.07 Å². The highest BCUT2D eigenvalue weighted by Crippen LogP contribution is 2.27. The molecule has 2 aromatic heterocycles. The van der Waals surface area contributed by atoms with Gasteiger partial charge in [0.05, 0.1) is 12.1 Å². The summed E-state index contributed by atoms with van der Waals surface area (Å²) >= 11 is 1.58. The van der Waals surface area contributed by atoms with E-state index in [0.29, 0.717) is 18.5 Å². The Balaban J connectivity index is 1.76. The van der Waals surface area contributed by atoms with E-state index in [0.717, 1.165) is 4.88 Å². The lowest BCUT2D eigenvalue weighted by molar-refractivity contribution is -0.123. The summed E-state index contributed by atoms with van der Waals surface area (Å²) < 4.78 is 1.59. The quantitative estimate of drug-likeness (QED) is 0.895. The Morgan fingerprint density at radius 3 is 3.05 bits per heavy atom. The lowest BCUT2D eigenvalue weighted by atomic mass is 9.96. The number of hydrogen-bond donors (Lipinski definition) is 2. The number of aryl methyl sites for hydroxylation is 1. The second-order valence-electron chi connectivity index (χ2n) is 5.05. The van der Waals surface area contributed by atoms with Crippen molar-refractivity contribution >= 4 is 23.2 Å². The largest absolute Gasteiger partial charge is 0.346 e. The van der Waals surface area contributed by atoms with Gasteiger partial charge in [-0.3, -0.25) is 14.3 Å². The molecular formula is C14H16N4O2S. The number of aromatic nitrogens is 2. The molecule has 0 spiro atoms. The first-order chi connectivity index (χ1) is 10.1. The number of piperidine rings is 1. The molecule has 1 saturated heterocycles. The highest BCUT2D eigenvalue weighted by Gasteiger charge is 2.32. The van der Waals surface area contributed by atoms with Crippen LogP contribution in [0.15, 0.2) is 29.8 Å². The summed E-state index contributed by atoms with van der Waals surface area (Å²) in [7, 11) is 1.77. The third-order valence-electron chi connectivity index (χ3n) is 3.51. The van der Waals surface area contributed by atoms with Crippen molar-refractivity contribution in [2.45, 2.75) is 24.9 Å². The van der Waals surface area contributed by atoms with Crippen molar-refractivity contribution in [3.05, 3.63) is 40.3 Å². The third-order valence-corrected chi connectivity index (χ3v) is 4.47. The van der Waals surface area contributed by atoms with Crippen LogP contribution >= 0.6 is 11.3 Å². The lowest BCUT2D eigenvalue weighted by Crippen LogP contribution is -2.50. The lowest BCUT2D eigenvalue weighted by Gasteiger charge is -2.32. The molecule has 0 radical (unpaired) electrons. The predicted octanol–water partition coefficient (Wildman–Crippen LogP) is 1.23. The van der Waals surface area contributed by atoms with Gasteiger partial charge in [0.1, 0.15) is 5.69 Å². The number of carbonyl (C=O) groups is 2. The Kier molecular flexibility index (Phi) is 3.74. The summed E-state index contributed by atoms with van der Waals surface area (Å²) in [4.78, 5) is 24.9. The van der Waals surface area contributed by atoms with E-state index in [-0.39, 0.29) is 23.9 Å². The van der Waals surface area contributed by atoms with Crippen LogP contribution in [0.5, 0.6) is 0 Å². The van der Waals surface area contributed by atoms with Crippen molar-refractivity contribution < 1.29 is 9.59 Å². The first kappa shape index (κ1) is 13.8. The molecule has 110 valence electrons. The van der Waals surface area contributed by atoms with Gasteiger partial charge in [0.25, 0.3) is 5.91 Å². The van der Waals surface area contributed by atoms with Gasteiger partial charge >= 0.3 is 0 Å². The zero-order valence-electron chi connectivity index (χ0n) is 11.6. The fourth-order valence-electron chi connectivity index (χ4n) is 2.47. The number of thiophene rings is 1. The number of carbonyl (C=O) groups excluding carboxylic acids is 2. The van der Waals surface area contributed by atoms with Crippen LogP contribution in [-0.2, 0) is 11.8 Å². The molecule has 0 unspecified atom stereocenters. The maximum Gasteiger partial charge on any atom is 0.272 e. The molecule has 1 aliphatic rings. The van der Waals surface area contributed by atoms with Crippen molar-refractivity contribution in [3.8, 4) is 0 Å². The van der Waals surface area contributed by atoms with Crippen LogP contribution in [0.25, 0.3) is 0 Å². The number of nitrogens with one attached hydrogen (secondary N) is 2. The molecule has 2 aromatic rings. The Morgan fingerprint density at radius 2 is 2.38 bits per heavy atom. The maximum absolute atomic E-state index is 12.2. The smallest absolute Gasteiger partial charge is 0.272 e. The van der Waals surface area contributed by atoms with Crippen molar-refractivity contribution in [2.75, 3.05) is 0 Å². The Bertz CT molecular complexity index is 650. The van der Waals surface area contributed by atoms with E-state index < -0.39 is 0 Å². The van der Waals surface area contributed by atoms with Crippen molar-refractivity contribution in [1.82, 2.24) is 20.4 Å².